The number of carbonyl (C=O) groups excluding carboxylic acids is 2. The minimum atomic E-state index is 0.0319. The molecule has 1 aromatic heterocycles. The quantitative estimate of drug-likeness (QED) is 0.112. The molecule has 1 saturated heterocycles. The van der Waals surface area contributed by atoms with Crippen molar-refractivity contribution < 1.29 is 14.2 Å². The molecule has 0 atom stereocenters. The number of rotatable bonds is 21. The molecule has 0 N–H and O–H groups in total. The van der Waals surface area contributed by atoms with E-state index >= 15 is 0 Å². The van der Waals surface area contributed by atoms with Crippen LogP contribution in [0.2, 0.25) is 0 Å². The molecule has 0 spiro atoms. The summed E-state index contributed by atoms with van der Waals surface area (Å²) in [5, 5.41) is 0. The van der Waals surface area contributed by atoms with Gasteiger partial charge < -0.3 is 0 Å². The van der Waals surface area contributed by atoms with Gasteiger partial charge in [-0.15, -0.1) is 0 Å². The summed E-state index contributed by atoms with van der Waals surface area (Å²) in [6.45, 7) is 1.80. The van der Waals surface area contributed by atoms with E-state index in [4.69, 9.17) is 0 Å². The summed E-state index contributed by atoms with van der Waals surface area (Å²) in [6, 6.07) is 6.30. The SMILES string of the molecule is O=C1CCC(=O)N1CCCCCCCCCCCCCCCCCCCC[n+]1ccccc1. The molecule has 1 aliphatic heterocycles. The number of likely N-dealkylation sites (tertiary alicyclic amines) is 1. The molecule has 1 fully saturated rings. The predicted octanol–water partition coefficient (Wildman–Crippen LogP) is 7.14. The fourth-order valence-corrected chi connectivity index (χ4v) is 4.85. The normalized spacial score (nSPS) is 13.9. The van der Waals surface area contributed by atoms with E-state index in [1.807, 2.05) is 0 Å². The molecule has 2 heterocycles. The Bertz CT molecular complexity index is 616. The van der Waals surface area contributed by atoms with Crippen molar-refractivity contribution in [2.45, 2.75) is 135 Å². The molecule has 2 amide bonds. The smallest absolute Gasteiger partial charge is 0.229 e. The molecule has 0 aliphatic carbocycles. The first-order valence-electron chi connectivity index (χ1n) is 14.0. The van der Waals surface area contributed by atoms with E-state index in [2.05, 4.69) is 35.2 Å². The lowest BCUT2D eigenvalue weighted by atomic mass is 10.0. The summed E-state index contributed by atoms with van der Waals surface area (Å²) in [5.74, 6) is 0.0638. The molecule has 0 saturated carbocycles. The Hall–Kier alpha value is -1.71. The lowest BCUT2D eigenvalue weighted by Crippen LogP contribution is -2.32. The van der Waals surface area contributed by atoms with Gasteiger partial charge in [0, 0.05) is 37.9 Å². The van der Waals surface area contributed by atoms with Crippen LogP contribution < -0.4 is 4.57 Å². The van der Waals surface area contributed by atoms with Crippen LogP contribution in [0.1, 0.15) is 128 Å². The van der Waals surface area contributed by atoms with Gasteiger partial charge in [0.05, 0.1) is 0 Å². The zero-order chi connectivity index (χ0) is 23.4. The van der Waals surface area contributed by atoms with E-state index < -0.39 is 0 Å². The third kappa shape index (κ3) is 13.6. The second-order valence-corrected chi connectivity index (χ2v) is 9.92. The maximum absolute atomic E-state index is 11.6. The average molecular weight is 458 g/mol. The highest BCUT2D eigenvalue weighted by Crippen LogP contribution is 2.16. The molecule has 186 valence electrons. The van der Waals surface area contributed by atoms with Gasteiger partial charge >= 0.3 is 0 Å². The van der Waals surface area contributed by atoms with Gasteiger partial charge in [-0.2, -0.15) is 0 Å². The van der Waals surface area contributed by atoms with Crippen molar-refractivity contribution in [3.63, 3.8) is 0 Å². The van der Waals surface area contributed by atoms with E-state index in [0.29, 0.717) is 19.4 Å². The molecular formula is C29H49N2O2+. The number of hydrogen-bond acceptors (Lipinski definition) is 2. The molecular weight excluding hydrogens is 408 g/mol. The molecule has 0 radical (unpaired) electrons. The van der Waals surface area contributed by atoms with Crippen LogP contribution in [0.5, 0.6) is 0 Å². The second-order valence-electron chi connectivity index (χ2n) is 9.92. The Kier molecular flexibility index (Phi) is 15.6. The lowest BCUT2D eigenvalue weighted by molar-refractivity contribution is -0.697. The Morgan fingerprint density at radius 3 is 1.30 bits per heavy atom. The third-order valence-electron chi connectivity index (χ3n) is 6.98. The van der Waals surface area contributed by atoms with Crippen LogP contribution in [0, 0.1) is 0 Å². The van der Waals surface area contributed by atoms with Gasteiger partial charge in [-0.05, 0) is 12.8 Å². The fourth-order valence-electron chi connectivity index (χ4n) is 4.85. The summed E-state index contributed by atoms with van der Waals surface area (Å²) in [6.07, 6.45) is 29.3. The van der Waals surface area contributed by atoms with Crippen LogP contribution in [0.3, 0.4) is 0 Å². The molecule has 2 rings (SSSR count). The van der Waals surface area contributed by atoms with Gasteiger partial charge in [0.25, 0.3) is 0 Å². The maximum atomic E-state index is 11.6. The lowest BCUT2D eigenvalue weighted by Gasteiger charge is -2.13. The first kappa shape index (κ1) is 27.5. The zero-order valence-electron chi connectivity index (χ0n) is 21.2. The van der Waals surface area contributed by atoms with Crippen LogP contribution >= 0.6 is 0 Å². The van der Waals surface area contributed by atoms with Crippen molar-refractivity contribution in [2.75, 3.05) is 6.54 Å². The number of nitrogens with zero attached hydrogens (tertiary/aromatic N) is 2. The first-order valence-corrected chi connectivity index (χ1v) is 14.0. The number of imide groups is 1. The van der Waals surface area contributed by atoms with Gasteiger partial charge in [-0.1, -0.05) is 102 Å². The molecule has 1 aromatic rings. The van der Waals surface area contributed by atoms with Crippen molar-refractivity contribution >= 4 is 11.8 Å². The summed E-state index contributed by atoms with van der Waals surface area (Å²) < 4.78 is 2.28. The average Bonchev–Trinajstić information content (AvgIpc) is 3.15. The third-order valence-corrected chi connectivity index (χ3v) is 6.98. The number of hydrogen-bond donors (Lipinski definition) is 0. The molecule has 33 heavy (non-hydrogen) atoms. The van der Waals surface area contributed by atoms with Crippen LogP contribution in [0.25, 0.3) is 0 Å². The van der Waals surface area contributed by atoms with Crippen molar-refractivity contribution in [3.8, 4) is 0 Å². The van der Waals surface area contributed by atoms with Gasteiger partial charge in [0.15, 0.2) is 12.4 Å². The minimum absolute atomic E-state index is 0.0319. The maximum Gasteiger partial charge on any atom is 0.229 e. The second kappa shape index (κ2) is 18.7. The molecule has 0 bridgehead atoms. The minimum Gasteiger partial charge on any atom is -0.283 e. The topological polar surface area (TPSA) is 41.3 Å². The van der Waals surface area contributed by atoms with Crippen LogP contribution in [0.4, 0.5) is 0 Å². The largest absolute Gasteiger partial charge is 0.283 e. The first-order chi connectivity index (χ1) is 16.3. The van der Waals surface area contributed by atoms with E-state index in [0.717, 1.165) is 19.4 Å². The van der Waals surface area contributed by atoms with Crippen molar-refractivity contribution in [1.82, 2.24) is 4.90 Å². The Balaban J connectivity index is 1.21. The Morgan fingerprint density at radius 1 is 0.515 bits per heavy atom. The summed E-state index contributed by atoms with van der Waals surface area (Å²) >= 11 is 0. The van der Waals surface area contributed by atoms with E-state index in [9.17, 15) is 9.59 Å². The monoisotopic (exact) mass is 457 g/mol. The van der Waals surface area contributed by atoms with Crippen molar-refractivity contribution in [3.05, 3.63) is 30.6 Å². The van der Waals surface area contributed by atoms with Gasteiger partial charge in [0.2, 0.25) is 11.8 Å². The summed E-state index contributed by atoms with van der Waals surface area (Å²) in [4.78, 5) is 24.6. The number of amides is 2. The van der Waals surface area contributed by atoms with Crippen LogP contribution in [0.15, 0.2) is 30.6 Å². The number of aryl methyl sites for hydroxylation is 1. The number of pyridine rings is 1. The molecule has 1 aliphatic rings. The predicted molar refractivity (Wildman–Crippen MR) is 136 cm³/mol. The van der Waals surface area contributed by atoms with E-state index in [-0.39, 0.29) is 11.8 Å². The Morgan fingerprint density at radius 2 is 0.879 bits per heavy atom. The summed E-state index contributed by atoms with van der Waals surface area (Å²) in [7, 11) is 0. The van der Waals surface area contributed by atoms with Crippen molar-refractivity contribution in [1.29, 1.82) is 0 Å². The molecule has 0 aromatic carbocycles. The van der Waals surface area contributed by atoms with Crippen LogP contribution in [-0.4, -0.2) is 23.3 Å². The molecule has 4 heteroatoms. The summed E-state index contributed by atoms with van der Waals surface area (Å²) in [5.41, 5.74) is 0. The van der Waals surface area contributed by atoms with Gasteiger partial charge in [-0.3, -0.25) is 14.5 Å². The molecule has 0 unspecified atom stereocenters. The highest BCUT2D eigenvalue weighted by Gasteiger charge is 2.27. The number of carbonyl (C=O) groups is 2. The zero-order valence-corrected chi connectivity index (χ0v) is 21.2. The fraction of sp³-hybridized carbons (Fsp3) is 0.759. The highest BCUT2D eigenvalue weighted by atomic mass is 16.2. The van der Waals surface area contributed by atoms with Crippen LogP contribution in [-0.2, 0) is 16.1 Å². The molecule has 4 nitrogen and oxygen atoms in total. The Labute approximate surface area is 203 Å². The van der Waals surface area contributed by atoms with E-state index in [1.165, 1.54) is 108 Å². The van der Waals surface area contributed by atoms with Gasteiger partial charge in [0.1, 0.15) is 6.54 Å². The number of unbranched alkanes of at least 4 members (excludes halogenated alkanes) is 17. The highest BCUT2D eigenvalue weighted by molar-refractivity contribution is 6.01. The van der Waals surface area contributed by atoms with Crippen molar-refractivity contribution in [2.24, 2.45) is 0 Å². The standard InChI is InChI=1S/C29H49N2O2/c32-28-22-23-29(33)31(28)27-21-16-14-12-10-8-6-4-2-1-3-5-7-9-11-13-15-18-24-30-25-19-17-20-26-30/h17,19-20,25-26H,1-16,18,21-24,27H2/q+1. The van der Waals surface area contributed by atoms with E-state index in [1.54, 1.807) is 0 Å². The number of aromatic nitrogens is 1. The van der Waals surface area contributed by atoms with Gasteiger partial charge in [-0.25, -0.2) is 4.57 Å².